The predicted octanol–water partition coefficient (Wildman–Crippen LogP) is 3.63. The Labute approximate surface area is 145 Å². The SMILES string of the molecule is O=S(=O)(c1cc(-c2ccc(Cl)nn2)ccc1Cl)N1CCCCC1. The van der Waals surface area contributed by atoms with Gasteiger partial charge in [-0.25, -0.2) is 8.42 Å². The monoisotopic (exact) mass is 371 g/mol. The molecule has 0 spiro atoms. The first-order chi connectivity index (χ1) is 11.0. The van der Waals surface area contributed by atoms with Gasteiger partial charge in [-0.1, -0.05) is 35.7 Å². The molecule has 1 fully saturated rings. The highest BCUT2D eigenvalue weighted by atomic mass is 35.5. The van der Waals surface area contributed by atoms with Gasteiger partial charge < -0.3 is 0 Å². The fraction of sp³-hybridized carbons (Fsp3) is 0.333. The number of benzene rings is 1. The summed E-state index contributed by atoms with van der Waals surface area (Å²) in [6.45, 7) is 1.06. The molecular weight excluding hydrogens is 357 g/mol. The molecule has 0 unspecified atom stereocenters. The Morgan fingerprint density at radius 1 is 0.957 bits per heavy atom. The molecule has 122 valence electrons. The first kappa shape index (κ1) is 16.6. The van der Waals surface area contributed by atoms with Crippen molar-refractivity contribution in [2.75, 3.05) is 13.1 Å². The molecule has 0 N–H and O–H groups in total. The van der Waals surface area contributed by atoms with Crippen molar-refractivity contribution in [3.05, 3.63) is 40.5 Å². The lowest BCUT2D eigenvalue weighted by Crippen LogP contribution is -2.35. The molecular formula is C15H15Cl2N3O2S. The summed E-state index contributed by atoms with van der Waals surface area (Å²) in [6.07, 6.45) is 2.80. The van der Waals surface area contributed by atoms with Crippen LogP contribution in [-0.2, 0) is 10.0 Å². The molecule has 1 aromatic carbocycles. The minimum atomic E-state index is -3.60. The summed E-state index contributed by atoms with van der Waals surface area (Å²) in [5.74, 6) is 0. The number of nitrogens with zero attached hydrogens (tertiary/aromatic N) is 3. The Bertz CT molecular complexity index is 804. The molecule has 0 bridgehead atoms. The normalized spacial score (nSPS) is 16.4. The van der Waals surface area contributed by atoms with E-state index in [0.29, 0.717) is 24.3 Å². The van der Waals surface area contributed by atoms with Crippen molar-refractivity contribution >= 4 is 33.2 Å². The fourth-order valence-corrected chi connectivity index (χ4v) is 4.69. The van der Waals surface area contributed by atoms with Crippen LogP contribution >= 0.6 is 23.2 Å². The molecule has 8 heteroatoms. The highest BCUT2D eigenvalue weighted by molar-refractivity contribution is 7.89. The Morgan fingerprint density at radius 3 is 2.35 bits per heavy atom. The van der Waals surface area contributed by atoms with Gasteiger partial charge in [0.1, 0.15) is 4.90 Å². The second-order valence-electron chi connectivity index (χ2n) is 5.35. The van der Waals surface area contributed by atoms with E-state index in [9.17, 15) is 8.42 Å². The van der Waals surface area contributed by atoms with Crippen LogP contribution < -0.4 is 0 Å². The molecule has 1 saturated heterocycles. The summed E-state index contributed by atoms with van der Waals surface area (Å²) in [6, 6.07) is 8.14. The van der Waals surface area contributed by atoms with Crippen molar-refractivity contribution in [3.8, 4) is 11.3 Å². The van der Waals surface area contributed by atoms with Crippen molar-refractivity contribution in [2.45, 2.75) is 24.2 Å². The molecule has 0 aliphatic carbocycles. The standard InChI is InChI=1S/C15H15Cl2N3O2S/c16-12-5-4-11(13-6-7-15(17)19-18-13)10-14(12)23(21,22)20-8-2-1-3-9-20/h4-7,10H,1-3,8-9H2. The summed E-state index contributed by atoms with van der Waals surface area (Å²) >= 11 is 11.9. The number of sulfonamides is 1. The second kappa shape index (κ2) is 6.73. The maximum Gasteiger partial charge on any atom is 0.244 e. The average molecular weight is 372 g/mol. The van der Waals surface area contributed by atoms with Gasteiger partial charge in [-0.05, 0) is 37.1 Å². The van der Waals surface area contributed by atoms with E-state index in [1.165, 1.54) is 4.31 Å². The molecule has 2 aromatic rings. The number of hydrogen-bond acceptors (Lipinski definition) is 4. The topological polar surface area (TPSA) is 63.2 Å². The largest absolute Gasteiger partial charge is 0.244 e. The van der Waals surface area contributed by atoms with Crippen LogP contribution in [0.25, 0.3) is 11.3 Å². The van der Waals surface area contributed by atoms with Crippen LogP contribution in [0.3, 0.4) is 0 Å². The van der Waals surface area contributed by atoms with Crippen LogP contribution in [0.5, 0.6) is 0 Å². The van der Waals surface area contributed by atoms with Gasteiger partial charge in [-0.2, -0.15) is 4.31 Å². The van der Waals surface area contributed by atoms with Crippen molar-refractivity contribution in [3.63, 3.8) is 0 Å². The second-order valence-corrected chi connectivity index (χ2v) is 8.05. The minimum Gasteiger partial charge on any atom is -0.207 e. The summed E-state index contributed by atoms with van der Waals surface area (Å²) < 4.78 is 27.2. The van der Waals surface area contributed by atoms with Gasteiger partial charge in [-0.15, -0.1) is 10.2 Å². The van der Waals surface area contributed by atoms with Gasteiger partial charge in [0, 0.05) is 18.7 Å². The Balaban J connectivity index is 2.02. The van der Waals surface area contributed by atoms with Gasteiger partial charge in [0.15, 0.2) is 5.15 Å². The molecule has 0 radical (unpaired) electrons. The minimum absolute atomic E-state index is 0.107. The third-order valence-electron chi connectivity index (χ3n) is 3.79. The van der Waals surface area contributed by atoms with E-state index in [1.807, 2.05) is 0 Å². The van der Waals surface area contributed by atoms with Crippen molar-refractivity contribution in [2.24, 2.45) is 0 Å². The Kier molecular flexibility index (Phi) is 4.87. The van der Waals surface area contributed by atoms with Crippen LogP contribution in [0.4, 0.5) is 0 Å². The van der Waals surface area contributed by atoms with Crippen LogP contribution in [0, 0.1) is 0 Å². The van der Waals surface area contributed by atoms with E-state index in [-0.39, 0.29) is 15.1 Å². The fourth-order valence-electron chi connectivity index (χ4n) is 2.57. The smallest absolute Gasteiger partial charge is 0.207 e. The lowest BCUT2D eigenvalue weighted by atomic mass is 10.1. The molecule has 1 aromatic heterocycles. The number of hydrogen-bond donors (Lipinski definition) is 0. The average Bonchev–Trinajstić information content (AvgIpc) is 2.57. The van der Waals surface area contributed by atoms with E-state index < -0.39 is 10.0 Å². The maximum atomic E-state index is 12.8. The molecule has 0 amide bonds. The quantitative estimate of drug-likeness (QED) is 0.826. The van der Waals surface area contributed by atoms with Crippen LogP contribution in [0.1, 0.15) is 19.3 Å². The van der Waals surface area contributed by atoms with Crippen molar-refractivity contribution in [1.29, 1.82) is 0 Å². The van der Waals surface area contributed by atoms with Gasteiger partial charge in [0.2, 0.25) is 10.0 Å². The van der Waals surface area contributed by atoms with E-state index in [2.05, 4.69) is 10.2 Å². The molecule has 3 rings (SSSR count). The van der Waals surface area contributed by atoms with E-state index in [0.717, 1.165) is 19.3 Å². The number of piperidine rings is 1. The van der Waals surface area contributed by atoms with E-state index in [1.54, 1.807) is 30.3 Å². The van der Waals surface area contributed by atoms with Crippen molar-refractivity contribution in [1.82, 2.24) is 14.5 Å². The molecule has 1 aliphatic rings. The van der Waals surface area contributed by atoms with E-state index >= 15 is 0 Å². The van der Waals surface area contributed by atoms with Gasteiger partial charge in [0.25, 0.3) is 0 Å². The number of aromatic nitrogens is 2. The first-order valence-electron chi connectivity index (χ1n) is 7.28. The molecule has 23 heavy (non-hydrogen) atoms. The Hall–Kier alpha value is -1.21. The maximum absolute atomic E-state index is 12.8. The van der Waals surface area contributed by atoms with Crippen LogP contribution in [0.2, 0.25) is 10.2 Å². The van der Waals surface area contributed by atoms with Crippen LogP contribution in [0.15, 0.2) is 35.2 Å². The van der Waals surface area contributed by atoms with Crippen LogP contribution in [-0.4, -0.2) is 36.0 Å². The highest BCUT2D eigenvalue weighted by Crippen LogP contribution is 2.30. The zero-order valence-corrected chi connectivity index (χ0v) is 14.6. The molecule has 1 aliphatic heterocycles. The third-order valence-corrected chi connectivity index (χ3v) is 6.37. The van der Waals surface area contributed by atoms with Gasteiger partial charge in [-0.3, -0.25) is 0 Å². The number of halogens is 2. The Morgan fingerprint density at radius 2 is 1.70 bits per heavy atom. The molecule has 0 atom stereocenters. The molecule has 0 saturated carbocycles. The first-order valence-corrected chi connectivity index (χ1v) is 9.47. The van der Waals surface area contributed by atoms with Gasteiger partial charge in [0.05, 0.1) is 10.7 Å². The summed E-state index contributed by atoms with van der Waals surface area (Å²) in [5, 5.41) is 8.25. The van der Waals surface area contributed by atoms with Crippen molar-refractivity contribution < 1.29 is 8.42 Å². The van der Waals surface area contributed by atoms with Gasteiger partial charge >= 0.3 is 0 Å². The van der Waals surface area contributed by atoms with E-state index in [4.69, 9.17) is 23.2 Å². The summed E-state index contributed by atoms with van der Waals surface area (Å²) in [7, 11) is -3.60. The zero-order chi connectivity index (χ0) is 16.4. The zero-order valence-electron chi connectivity index (χ0n) is 12.2. The third kappa shape index (κ3) is 3.50. The summed E-state index contributed by atoms with van der Waals surface area (Å²) in [5.41, 5.74) is 1.18. The molecule has 2 heterocycles. The summed E-state index contributed by atoms with van der Waals surface area (Å²) in [4.78, 5) is 0.107. The predicted molar refractivity (Wildman–Crippen MR) is 90.1 cm³/mol. The number of rotatable bonds is 3. The molecule has 5 nitrogen and oxygen atoms in total. The lowest BCUT2D eigenvalue weighted by Gasteiger charge is -2.26. The lowest BCUT2D eigenvalue weighted by molar-refractivity contribution is 0.346. The highest BCUT2D eigenvalue weighted by Gasteiger charge is 2.28.